The zero-order valence-electron chi connectivity index (χ0n) is 20.4. The average Bonchev–Trinajstić information content (AvgIpc) is 3.31. The standard InChI is InChI=1S/C26H33N5O3/c1-5-31(6-2)13-12-27-25(33)22-15(3)28-24-18(22)8-7-9-19(24)23-20-14-17(29-16(4)32)10-11-21(20)30-26(23)34/h10-11,14,28H,5-9,12-13H2,1-4H3,(H,27,33)(H,29,32)(H,30,34). The van der Waals surface area contributed by atoms with Gasteiger partial charge in [0.25, 0.3) is 11.8 Å². The fourth-order valence-corrected chi connectivity index (χ4v) is 5.01. The van der Waals surface area contributed by atoms with Crippen molar-refractivity contribution in [1.82, 2.24) is 15.2 Å². The summed E-state index contributed by atoms with van der Waals surface area (Å²) in [6.45, 7) is 10.9. The molecule has 1 aliphatic heterocycles. The number of rotatable bonds is 7. The van der Waals surface area contributed by atoms with Gasteiger partial charge in [-0.1, -0.05) is 13.8 Å². The molecule has 0 saturated heterocycles. The Labute approximate surface area is 200 Å². The SMILES string of the molecule is CCN(CC)CCNC(=O)c1c(C)[nH]c2c1CCCC2=C1C(=O)Nc2ccc(NC(C)=O)cc21. The molecule has 0 fully saturated rings. The van der Waals surface area contributed by atoms with Crippen LogP contribution in [0.3, 0.4) is 0 Å². The van der Waals surface area contributed by atoms with Gasteiger partial charge in [-0.05, 0) is 68.6 Å². The van der Waals surface area contributed by atoms with Gasteiger partial charge in [-0.25, -0.2) is 0 Å². The van der Waals surface area contributed by atoms with Crippen LogP contribution < -0.4 is 16.0 Å². The van der Waals surface area contributed by atoms with E-state index in [1.807, 2.05) is 19.1 Å². The smallest absolute Gasteiger partial charge is 0.256 e. The zero-order valence-corrected chi connectivity index (χ0v) is 20.4. The van der Waals surface area contributed by atoms with E-state index in [-0.39, 0.29) is 17.7 Å². The van der Waals surface area contributed by atoms with Gasteiger partial charge < -0.3 is 25.8 Å². The van der Waals surface area contributed by atoms with Crippen LogP contribution in [0.4, 0.5) is 11.4 Å². The average molecular weight is 464 g/mol. The normalized spacial score (nSPS) is 16.8. The molecule has 2 heterocycles. The van der Waals surface area contributed by atoms with Crippen molar-refractivity contribution in [2.75, 3.05) is 36.8 Å². The number of hydrogen-bond acceptors (Lipinski definition) is 4. The van der Waals surface area contributed by atoms with Crippen LogP contribution in [0, 0.1) is 6.92 Å². The van der Waals surface area contributed by atoms with Gasteiger partial charge in [0.15, 0.2) is 0 Å². The van der Waals surface area contributed by atoms with Crippen molar-refractivity contribution in [2.45, 2.75) is 47.0 Å². The molecule has 2 aliphatic rings. The van der Waals surface area contributed by atoms with Crippen LogP contribution in [0.2, 0.25) is 0 Å². The maximum absolute atomic E-state index is 13.1. The largest absolute Gasteiger partial charge is 0.358 e. The van der Waals surface area contributed by atoms with E-state index in [1.54, 1.807) is 6.07 Å². The second kappa shape index (κ2) is 9.85. The first-order chi connectivity index (χ1) is 16.3. The molecule has 1 aromatic heterocycles. The molecule has 0 radical (unpaired) electrons. The number of likely N-dealkylation sites (N-methyl/N-ethyl adjacent to an activating group) is 1. The van der Waals surface area contributed by atoms with Crippen LogP contribution >= 0.6 is 0 Å². The van der Waals surface area contributed by atoms with E-state index >= 15 is 0 Å². The van der Waals surface area contributed by atoms with E-state index in [0.29, 0.717) is 23.4 Å². The molecule has 8 heteroatoms. The molecule has 2 aromatic rings. The predicted octanol–water partition coefficient (Wildman–Crippen LogP) is 3.55. The quantitative estimate of drug-likeness (QED) is 0.471. The molecule has 4 rings (SSSR count). The van der Waals surface area contributed by atoms with E-state index in [1.165, 1.54) is 6.92 Å². The summed E-state index contributed by atoms with van der Waals surface area (Å²) >= 11 is 0. The Morgan fingerprint density at radius 2 is 1.91 bits per heavy atom. The van der Waals surface area contributed by atoms with Crippen molar-refractivity contribution in [2.24, 2.45) is 0 Å². The van der Waals surface area contributed by atoms with Crippen LogP contribution in [0.1, 0.15) is 66.5 Å². The molecule has 0 atom stereocenters. The second-order valence-corrected chi connectivity index (χ2v) is 8.86. The highest BCUT2D eigenvalue weighted by atomic mass is 16.2. The number of carbonyl (C=O) groups is 3. The highest BCUT2D eigenvalue weighted by Gasteiger charge is 2.33. The number of nitrogens with one attached hydrogen (secondary N) is 4. The minimum absolute atomic E-state index is 0.0716. The summed E-state index contributed by atoms with van der Waals surface area (Å²) < 4.78 is 0. The monoisotopic (exact) mass is 463 g/mol. The molecule has 4 N–H and O–H groups in total. The van der Waals surface area contributed by atoms with E-state index in [4.69, 9.17) is 0 Å². The Hall–Kier alpha value is -3.39. The van der Waals surface area contributed by atoms with Crippen LogP contribution in [0.25, 0.3) is 11.1 Å². The molecule has 3 amide bonds. The summed E-state index contributed by atoms with van der Waals surface area (Å²) in [4.78, 5) is 43.3. The summed E-state index contributed by atoms with van der Waals surface area (Å²) in [7, 11) is 0. The summed E-state index contributed by atoms with van der Waals surface area (Å²) in [5, 5.41) is 8.81. The van der Waals surface area contributed by atoms with E-state index in [2.05, 4.69) is 39.7 Å². The lowest BCUT2D eigenvalue weighted by atomic mass is 9.86. The van der Waals surface area contributed by atoms with Gasteiger partial charge in [0.2, 0.25) is 5.91 Å². The second-order valence-electron chi connectivity index (χ2n) is 8.86. The number of aryl methyl sites for hydroxylation is 1. The Morgan fingerprint density at radius 3 is 2.62 bits per heavy atom. The lowest BCUT2D eigenvalue weighted by Crippen LogP contribution is -2.35. The number of carbonyl (C=O) groups excluding carboxylic acids is 3. The van der Waals surface area contributed by atoms with Crippen LogP contribution in [-0.2, 0) is 16.0 Å². The minimum Gasteiger partial charge on any atom is -0.358 e. The van der Waals surface area contributed by atoms with Crippen LogP contribution in [0.15, 0.2) is 18.2 Å². The number of allylic oxidation sites excluding steroid dienone is 1. The number of anilines is 2. The van der Waals surface area contributed by atoms with Gasteiger partial charge >= 0.3 is 0 Å². The molecule has 0 unspecified atom stereocenters. The molecule has 1 aromatic carbocycles. The summed E-state index contributed by atoms with van der Waals surface area (Å²) in [5.74, 6) is -0.393. The fourth-order valence-electron chi connectivity index (χ4n) is 5.01. The lowest BCUT2D eigenvalue weighted by Gasteiger charge is -2.20. The Balaban J connectivity index is 1.68. The first-order valence-corrected chi connectivity index (χ1v) is 12.0. The number of nitrogens with zero attached hydrogens (tertiary/aromatic N) is 1. The number of fused-ring (bicyclic) bond motifs is 2. The molecule has 0 saturated carbocycles. The van der Waals surface area contributed by atoms with Gasteiger partial charge in [0, 0.05) is 48.3 Å². The van der Waals surface area contributed by atoms with Crippen molar-refractivity contribution < 1.29 is 14.4 Å². The number of benzene rings is 1. The third-order valence-corrected chi connectivity index (χ3v) is 6.67. The van der Waals surface area contributed by atoms with Gasteiger partial charge in [0.05, 0.1) is 11.1 Å². The first-order valence-electron chi connectivity index (χ1n) is 12.0. The third kappa shape index (κ3) is 4.50. The third-order valence-electron chi connectivity index (χ3n) is 6.67. The van der Waals surface area contributed by atoms with Gasteiger partial charge in [-0.3, -0.25) is 14.4 Å². The Morgan fingerprint density at radius 1 is 1.15 bits per heavy atom. The van der Waals surface area contributed by atoms with Crippen molar-refractivity contribution in [3.05, 3.63) is 46.3 Å². The molecule has 0 spiro atoms. The number of amides is 3. The minimum atomic E-state index is -0.164. The maximum atomic E-state index is 13.1. The van der Waals surface area contributed by atoms with E-state index in [0.717, 1.165) is 72.7 Å². The van der Waals surface area contributed by atoms with Crippen molar-refractivity contribution in [3.63, 3.8) is 0 Å². The topological polar surface area (TPSA) is 106 Å². The van der Waals surface area contributed by atoms with E-state index in [9.17, 15) is 14.4 Å². The highest BCUT2D eigenvalue weighted by molar-refractivity contribution is 6.37. The number of aromatic nitrogens is 1. The van der Waals surface area contributed by atoms with Gasteiger partial charge in [-0.2, -0.15) is 0 Å². The molecule has 34 heavy (non-hydrogen) atoms. The Bertz CT molecular complexity index is 1170. The summed E-state index contributed by atoms with van der Waals surface area (Å²) in [6, 6.07) is 5.42. The van der Waals surface area contributed by atoms with Crippen molar-refractivity contribution >= 4 is 40.2 Å². The highest BCUT2D eigenvalue weighted by Crippen LogP contribution is 2.43. The number of aromatic amines is 1. The van der Waals surface area contributed by atoms with Gasteiger partial charge in [0.1, 0.15) is 0 Å². The predicted molar refractivity (Wildman–Crippen MR) is 135 cm³/mol. The molecule has 8 nitrogen and oxygen atoms in total. The molecule has 1 aliphatic carbocycles. The fraction of sp³-hybridized carbons (Fsp3) is 0.423. The van der Waals surface area contributed by atoms with Crippen molar-refractivity contribution in [1.29, 1.82) is 0 Å². The summed E-state index contributed by atoms with van der Waals surface area (Å²) in [5.41, 5.74) is 7.04. The number of H-pyrrole nitrogens is 1. The van der Waals surface area contributed by atoms with E-state index < -0.39 is 0 Å². The van der Waals surface area contributed by atoms with Crippen LogP contribution in [0.5, 0.6) is 0 Å². The maximum Gasteiger partial charge on any atom is 0.256 e. The number of hydrogen-bond donors (Lipinski definition) is 4. The van der Waals surface area contributed by atoms with Crippen molar-refractivity contribution in [3.8, 4) is 0 Å². The van der Waals surface area contributed by atoms with Crippen LogP contribution in [-0.4, -0.2) is 53.8 Å². The molecule has 180 valence electrons. The molecule has 0 bridgehead atoms. The molecular formula is C26H33N5O3. The lowest BCUT2D eigenvalue weighted by molar-refractivity contribution is -0.114. The Kier molecular flexibility index (Phi) is 6.88. The first kappa shape index (κ1) is 23.8. The zero-order chi connectivity index (χ0) is 24.4. The molecular weight excluding hydrogens is 430 g/mol. The summed E-state index contributed by atoms with van der Waals surface area (Å²) in [6.07, 6.45) is 2.38. The van der Waals surface area contributed by atoms with Gasteiger partial charge in [-0.15, -0.1) is 0 Å².